The van der Waals surface area contributed by atoms with Crippen molar-refractivity contribution in [2.45, 2.75) is 20.1 Å². The second-order valence-electron chi connectivity index (χ2n) is 8.73. The molecule has 5 aromatic rings. The van der Waals surface area contributed by atoms with Gasteiger partial charge in [0.05, 0.1) is 24.6 Å². The Hall–Kier alpha value is -4.98. The Balaban J connectivity index is 1.51. The molecule has 0 aliphatic rings. The minimum absolute atomic E-state index is 0.123. The number of rotatable bonds is 8. The van der Waals surface area contributed by atoms with E-state index in [4.69, 9.17) is 14.5 Å². The Morgan fingerprint density at radius 2 is 1.82 bits per heavy atom. The maximum Gasteiger partial charge on any atom is 0.261 e. The lowest BCUT2D eigenvalue weighted by molar-refractivity contribution is -0.114. The van der Waals surface area contributed by atoms with Crippen LogP contribution in [0.2, 0.25) is 0 Å². The molecule has 0 saturated heterocycles. The second-order valence-corrected chi connectivity index (χ2v) is 8.73. The van der Waals surface area contributed by atoms with Crippen molar-refractivity contribution >= 4 is 22.5 Å². The zero-order chi connectivity index (χ0) is 26.5. The Kier molecular flexibility index (Phi) is 7.13. The zero-order valence-electron chi connectivity index (χ0n) is 21.0. The molecule has 0 atom stereocenters. The Labute approximate surface area is 219 Å². The van der Waals surface area contributed by atoms with Gasteiger partial charge in [0.2, 0.25) is 5.91 Å². The molecule has 38 heavy (non-hydrogen) atoms. The maximum atomic E-state index is 13.6. The quantitative estimate of drug-likeness (QED) is 0.316. The van der Waals surface area contributed by atoms with E-state index >= 15 is 0 Å². The monoisotopic (exact) mass is 506 g/mol. The van der Waals surface area contributed by atoms with Gasteiger partial charge in [-0.05, 0) is 66.2 Å². The maximum absolute atomic E-state index is 13.6. The fourth-order valence-electron chi connectivity index (χ4n) is 4.24. The molecule has 0 aliphatic heterocycles. The van der Waals surface area contributed by atoms with E-state index in [9.17, 15) is 9.59 Å². The van der Waals surface area contributed by atoms with Gasteiger partial charge in [-0.1, -0.05) is 18.2 Å². The first-order valence-electron chi connectivity index (χ1n) is 12.1. The predicted octanol–water partition coefficient (Wildman–Crippen LogP) is 5.05. The molecule has 1 N–H and O–H groups in total. The molecule has 0 aliphatic carbocycles. The number of methoxy groups -OCH3 is 1. The first-order chi connectivity index (χ1) is 18.5. The van der Waals surface area contributed by atoms with Gasteiger partial charge in [0.1, 0.15) is 23.9 Å². The fraction of sp³-hybridized carbons (Fsp3) is 0.133. The number of hydrogen-bond donors (Lipinski definition) is 1. The van der Waals surface area contributed by atoms with Gasteiger partial charge < -0.3 is 14.8 Å². The molecule has 2 heterocycles. The van der Waals surface area contributed by atoms with E-state index < -0.39 is 0 Å². The first-order valence-corrected chi connectivity index (χ1v) is 12.1. The van der Waals surface area contributed by atoms with E-state index in [2.05, 4.69) is 10.3 Å². The smallest absolute Gasteiger partial charge is 0.261 e. The highest BCUT2D eigenvalue weighted by molar-refractivity contribution is 5.88. The van der Waals surface area contributed by atoms with Crippen LogP contribution >= 0.6 is 0 Å². The molecular formula is C30H26N4O4. The lowest BCUT2D eigenvalue weighted by atomic mass is 10.1. The van der Waals surface area contributed by atoms with Crippen molar-refractivity contribution < 1.29 is 14.3 Å². The van der Waals surface area contributed by atoms with Crippen molar-refractivity contribution in [3.8, 4) is 22.9 Å². The van der Waals surface area contributed by atoms with Crippen LogP contribution in [0.4, 0.5) is 5.69 Å². The summed E-state index contributed by atoms with van der Waals surface area (Å²) < 4.78 is 13.3. The molecule has 190 valence electrons. The van der Waals surface area contributed by atoms with Crippen molar-refractivity contribution in [2.24, 2.45) is 0 Å². The van der Waals surface area contributed by atoms with Gasteiger partial charge in [0, 0.05) is 36.1 Å². The van der Waals surface area contributed by atoms with Crippen molar-refractivity contribution in [1.82, 2.24) is 14.5 Å². The Bertz CT molecular complexity index is 1650. The van der Waals surface area contributed by atoms with E-state index in [1.54, 1.807) is 54.4 Å². The van der Waals surface area contributed by atoms with Crippen LogP contribution in [0.15, 0.2) is 96.1 Å². The Morgan fingerprint density at radius 1 is 1.00 bits per heavy atom. The summed E-state index contributed by atoms with van der Waals surface area (Å²) >= 11 is 0. The van der Waals surface area contributed by atoms with Crippen LogP contribution in [0.25, 0.3) is 22.3 Å². The summed E-state index contributed by atoms with van der Waals surface area (Å²) in [7, 11) is 1.60. The van der Waals surface area contributed by atoms with E-state index in [1.165, 1.54) is 6.92 Å². The zero-order valence-corrected chi connectivity index (χ0v) is 21.0. The van der Waals surface area contributed by atoms with E-state index in [0.717, 1.165) is 16.7 Å². The molecule has 2 aromatic heterocycles. The number of para-hydroxylation sites is 1. The third-order valence-electron chi connectivity index (χ3n) is 6.03. The van der Waals surface area contributed by atoms with Crippen LogP contribution < -0.4 is 20.3 Å². The summed E-state index contributed by atoms with van der Waals surface area (Å²) in [6.45, 7) is 2.03. The molecule has 8 heteroatoms. The molecule has 0 bridgehead atoms. The van der Waals surface area contributed by atoms with Crippen LogP contribution in [0, 0.1) is 0 Å². The number of carbonyl (C=O) groups excluding carboxylic acids is 1. The number of carbonyl (C=O) groups is 1. The molecule has 3 aromatic carbocycles. The lowest BCUT2D eigenvalue weighted by Crippen LogP contribution is -2.24. The largest absolute Gasteiger partial charge is 0.496 e. The molecule has 0 radical (unpaired) electrons. The van der Waals surface area contributed by atoms with Gasteiger partial charge in [-0.3, -0.25) is 19.1 Å². The number of anilines is 1. The van der Waals surface area contributed by atoms with Crippen LogP contribution in [0.1, 0.15) is 18.1 Å². The number of pyridine rings is 1. The molecular weight excluding hydrogens is 480 g/mol. The number of aromatic nitrogens is 3. The molecule has 0 spiro atoms. The minimum atomic E-state index is -0.135. The molecule has 0 unspecified atom stereocenters. The third-order valence-corrected chi connectivity index (χ3v) is 6.03. The fourth-order valence-corrected chi connectivity index (χ4v) is 4.24. The third kappa shape index (κ3) is 5.39. The summed E-state index contributed by atoms with van der Waals surface area (Å²) in [5.41, 5.74) is 3.65. The van der Waals surface area contributed by atoms with Crippen LogP contribution in [0.3, 0.4) is 0 Å². The number of benzene rings is 3. The molecule has 5 rings (SSSR count). The average Bonchev–Trinajstić information content (AvgIpc) is 2.94. The Morgan fingerprint density at radius 3 is 2.55 bits per heavy atom. The summed E-state index contributed by atoms with van der Waals surface area (Å²) in [6.07, 6.45) is 3.45. The molecule has 1 amide bonds. The van der Waals surface area contributed by atoms with Crippen LogP contribution in [-0.2, 0) is 17.9 Å². The van der Waals surface area contributed by atoms with Crippen molar-refractivity contribution in [1.29, 1.82) is 0 Å². The number of ether oxygens (including phenoxy) is 2. The van der Waals surface area contributed by atoms with Gasteiger partial charge in [0.15, 0.2) is 0 Å². The van der Waals surface area contributed by atoms with Gasteiger partial charge in [-0.2, -0.15) is 0 Å². The topological polar surface area (TPSA) is 95.3 Å². The second kappa shape index (κ2) is 11.0. The predicted molar refractivity (Wildman–Crippen MR) is 146 cm³/mol. The molecule has 0 saturated carbocycles. The highest BCUT2D eigenvalue weighted by Gasteiger charge is 2.16. The van der Waals surface area contributed by atoms with E-state index in [1.807, 2.05) is 48.5 Å². The minimum Gasteiger partial charge on any atom is -0.496 e. The lowest BCUT2D eigenvalue weighted by Gasteiger charge is -2.16. The molecule has 8 nitrogen and oxygen atoms in total. The van der Waals surface area contributed by atoms with Gasteiger partial charge in [0.25, 0.3) is 5.56 Å². The number of amides is 1. The van der Waals surface area contributed by atoms with Crippen molar-refractivity contribution in [3.05, 3.63) is 113 Å². The van der Waals surface area contributed by atoms with Crippen LogP contribution in [0.5, 0.6) is 11.5 Å². The normalized spacial score (nSPS) is 10.8. The molecule has 0 fully saturated rings. The van der Waals surface area contributed by atoms with Crippen LogP contribution in [-0.4, -0.2) is 27.6 Å². The van der Waals surface area contributed by atoms with Crippen molar-refractivity contribution in [3.63, 3.8) is 0 Å². The summed E-state index contributed by atoms with van der Waals surface area (Å²) in [5, 5.41) is 3.29. The highest BCUT2D eigenvalue weighted by atomic mass is 16.5. The highest BCUT2D eigenvalue weighted by Crippen LogP contribution is 2.28. The SMILES string of the molecule is COc1ccc(-c2nc3ccccc3c(=O)n2Cc2cccnc2)cc1COc1ccc(NC(C)=O)cc1. The first kappa shape index (κ1) is 24.7. The summed E-state index contributed by atoms with van der Waals surface area (Å²) in [4.78, 5) is 33.9. The van der Waals surface area contributed by atoms with Gasteiger partial charge in [-0.25, -0.2) is 4.98 Å². The van der Waals surface area contributed by atoms with Gasteiger partial charge in [-0.15, -0.1) is 0 Å². The summed E-state index contributed by atoms with van der Waals surface area (Å²) in [5.74, 6) is 1.71. The van der Waals surface area contributed by atoms with E-state index in [-0.39, 0.29) is 18.1 Å². The average molecular weight is 507 g/mol. The standard InChI is InChI=1S/C30H26N4O4/c1-20(35)32-24-10-12-25(13-11-24)38-19-23-16-22(9-14-28(23)37-2)29-33-27-8-4-3-7-26(27)30(36)34(29)18-21-6-5-15-31-17-21/h3-17H,18-19H2,1-2H3,(H,32,35). The van der Waals surface area contributed by atoms with E-state index in [0.29, 0.717) is 40.5 Å². The van der Waals surface area contributed by atoms with Gasteiger partial charge >= 0.3 is 0 Å². The number of nitrogens with one attached hydrogen (secondary N) is 1. The van der Waals surface area contributed by atoms with Crippen molar-refractivity contribution in [2.75, 3.05) is 12.4 Å². The number of hydrogen-bond acceptors (Lipinski definition) is 6. The number of nitrogens with zero attached hydrogens (tertiary/aromatic N) is 3. The number of fused-ring (bicyclic) bond motifs is 1. The summed E-state index contributed by atoms with van der Waals surface area (Å²) in [6, 6.07) is 23.9.